The molecule has 1 aliphatic heterocycles. The maximum absolute atomic E-state index is 12.6. The number of carbonyl (C=O) groups excluding carboxylic acids is 1. The highest BCUT2D eigenvalue weighted by atomic mass is 16.5. The van der Waals surface area contributed by atoms with Gasteiger partial charge >= 0.3 is 0 Å². The summed E-state index contributed by atoms with van der Waals surface area (Å²) in [5, 5.41) is 5.30. The van der Waals surface area contributed by atoms with Gasteiger partial charge in [0.1, 0.15) is 0 Å². The quantitative estimate of drug-likeness (QED) is 0.868. The number of morpholine rings is 1. The van der Waals surface area contributed by atoms with E-state index in [0.717, 1.165) is 10.9 Å². The maximum Gasteiger partial charge on any atom is 0.263 e. The first-order valence-corrected chi connectivity index (χ1v) is 7.98. The zero-order valence-corrected chi connectivity index (χ0v) is 14.0. The van der Waals surface area contributed by atoms with Gasteiger partial charge in [-0.2, -0.15) is 0 Å². The van der Waals surface area contributed by atoms with Crippen LogP contribution in [0.5, 0.6) is 5.88 Å². The van der Waals surface area contributed by atoms with Crippen LogP contribution in [0, 0.1) is 0 Å². The molecule has 0 radical (unpaired) electrons. The number of ether oxygens (including phenoxy) is 2. The van der Waals surface area contributed by atoms with Gasteiger partial charge in [0, 0.05) is 20.1 Å². The summed E-state index contributed by atoms with van der Waals surface area (Å²) in [6.07, 6.45) is -0.484. The lowest BCUT2D eigenvalue weighted by Crippen LogP contribution is -2.51. The Labute approximate surface area is 136 Å². The van der Waals surface area contributed by atoms with Gasteiger partial charge in [-0.1, -0.05) is 12.1 Å². The summed E-state index contributed by atoms with van der Waals surface area (Å²) < 4.78 is 13.3. The average Bonchev–Trinajstić information content (AvgIpc) is 2.82. The lowest BCUT2D eigenvalue weighted by Gasteiger charge is -2.36. The van der Waals surface area contributed by atoms with Gasteiger partial charge in [0.05, 0.1) is 23.1 Å². The predicted octanol–water partition coefficient (Wildman–Crippen LogP) is 1.98. The highest BCUT2D eigenvalue weighted by molar-refractivity contribution is 5.86. The van der Waals surface area contributed by atoms with E-state index in [9.17, 15) is 4.79 Å². The molecule has 23 heavy (non-hydrogen) atoms. The number of hydrogen-bond acceptors (Lipinski definition) is 4. The smallest absolute Gasteiger partial charge is 0.263 e. The van der Waals surface area contributed by atoms with Crippen molar-refractivity contribution in [2.24, 2.45) is 7.05 Å². The molecule has 1 aliphatic rings. The highest BCUT2D eigenvalue weighted by Crippen LogP contribution is 2.25. The number of para-hydroxylation sites is 1. The first-order valence-electron chi connectivity index (χ1n) is 7.98. The Morgan fingerprint density at radius 3 is 2.65 bits per heavy atom. The van der Waals surface area contributed by atoms with Crippen LogP contribution in [0.3, 0.4) is 0 Å². The normalized spacial score (nSPS) is 23.0. The van der Waals surface area contributed by atoms with Gasteiger partial charge in [-0.05, 0) is 32.9 Å². The Bertz CT molecular complexity index is 702. The first kappa shape index (κ1) is 15.8. The molecule has 2 aromatic rings. The van der Waals surface area contributed by atoms with Crippen molar-refractivity contribution < 1.29 is 14.3 Å². The van der Waals surface area contributed by atoms with Crippen molar-refractivity contribution in [2.45, 2.75) is 39.1 Å². The minimum atomic E-state index is -0.578. The monoisotopic (exact) mass is 317 g/mol. The second-order valence-electron chi connectivity index (χ2n) is 6.21. The number of aromatic nitrogens is 2. The molecule has 0 aliphatic carbocycles. The maximum atomic E-state index is 12.6. The fourth-order valence-corrected chi connectivity index (χ4v) is 3.10. The third-order valence-electron chi connectivity index (χ3n) is 4.09. The highest BCUT2D eigenvalue weighted by Gasteiger charge is 2.30. The number of hydrogen-bond donors (Lipinski definition) is 0. The van der Waals surface area contributed by atoms with E-state index < -0.39 is 6.10 Å². The second-order valence-corrected chi connectivity index (χ2v) is 6.21. The van der Waals surface area contributed by atoms with Crippen LogP contribution in [0.15, 0.2) is 24.3 Å². The molecule has 0 bridgehead atoms. The Morgan fingerprint density at radius 2 is 1.96 bits per heavy atom. The third-order valence-corrected chi connectivity index (χ3v) is 4.09. The van der Waals surface area contributed by atoms with Gasteiger partial charge in [-0.15, -0.1) is 5.10 Å². The van der Waals surface area contributed by atoms with Crippen LogP contribution in [0.1, 0.15) is 20.8 Å². The van der Waals surface area contributed by atoms with E-state index in [2.05, 4.69) is 5.10 Å². The van der Waals surface area contributed by atoms with Crippen LogP contribution in [0.4, 0.5) is 0 Å². The summed E-state index contributed by atoms with van der Waals surface area (Å²) in [5.74, 6) is 0.472. The largest absolute Gasteiger partial charge is 0.463 e. The summed E-state index contributed by atoms with van der Waals surface area (Å²) in [6.45, 7) is 6.93. The molecule has 3 rings (SSSR count). The van der Waals surface area contributed by atoms with Crippen molar-refractivity contribution in [1.29, 1.82) is 0 Å². The van der Waals surface area contributed by atoms with E-state index in [1.165, 1.54) is 0 Å². The van der Waals surface area contributed by atoms with E-state index in [1.807, 2.05) is 50.1 Å². The topological polar surface area (TPSA) is 56.6 Å². The standard InChI is InChI=1S/C17H23N3O3/c1-11-9-20(10-12(2)22-11)17(21)13(3)23-16-14-7-5-6-8-15(14)19(4)18-16/h5-8,11-13H,9-10H2,1-4H3/t11-,12-,13+/m1/s1. The summed E-state index contributed by atoms with van der Waals surface area (Å²) in [7, 11) is 1.87. The molecule has 0 saturated carbocycles. The van der Waals surface area contributed by atoms with Gasteiger partial charge in [-0.3, -0.25) is 9.48 Å². The lowest BCUT2D eigenvalue weighted by molar-refractivity contribution is -0.149. The molecule has 0 N–H and O–H groups in total. The number of amides is 1. The van der Waals surface area contributed by atoms with Gasteiger partial charge in [0.2, 0.25) is 5.88 Å². The van der Waals surface area contributed by atoms with Crippen LogP contribution >= 0.6 is 0 Å². The number of rotatable bonds is 3. The minimum absolute atomic E-state index is 0.0262. The Kier molecular flexibility index (Phi) is 4.26. The fraction of sp³-hybridized carbons (Fsp3) is 0.529. The Balaban J connectivity index is 1.75. The molecule has 124 valence electrons. The molecule has 1 aromatic carbocycles. The molecule has 1 saturated heterocycles. The molecule has 3 atom stereocenters. The van der Waals surface area contributed by atoms with Gasteiger partial charge in [0.25, 0.3) is 5.91 Å². The number of nitrogens with zero attached hydrogens (tertiary/aromatic N) is 3. The molecule has 0 unspecified atom stereocenters. The van der Waals surface area contributed by atoms with Gasteiger partial charge < -0.3 is 14.4 Å². The van der Waals surface area contributed by atoms with E-state index in [4.69, 9.17) is 9.47 Å². The molecule has 6 heteroatoms. The van der Waals surface area contributed by atoms with Crippen molar-refractivity contribution in [1.82, 2.24) is 14.7 Å². The molecule has 1 amide bonds. The number of aryl methyl sites for hydroxylation is 1. The zero-order valence-electron chi connectivity index (χ0n) is 14.0. The number of fused-ring (bicyclic) bond motifs is 1. The third kappa shape index (κ3) is 3.17. The van der Waals surface area contributed by atoms with Crippen LogP contribution in [-0.2, 0) is 16.6 Å². The summed E-state index contributed by atoms with van der Waals surface area (Å²) in [6, 6.07) is 7.83. The summed E-state index contributed by atoms with van der Waals surface area (Å²) >= 11 is 0. The van der Waals surface area contributed by atoms with Crippen molar-refractivity contribution >= 4 is 16.8 Å². The van der Waals surface area contributed by atoms with Crippen molar-refractivity contribution in [3.8, 4) is 5.88 Å². The second kappa shape index (κ2) is 6.20. The van der Waals surface area contributed by atoms with Crippen molar-refractivity contribution in [2.75, 3.05) is 13.1 Å². The Morgan fingerprint density at radius 1 is 1.30 bits per heavy atom. The average molecular weight is 317 g/mol. The minimum Gasteiger partial charge on any atom is -0.463 e. The van der Waals surface area contributed by atoms with Gasteiger partial charge in [-0.25, -0.2) is 0 Å². The van der Waals surface area contributed by atoms with E-state index in [-0.39, 0.29) is 18.1 Å². The molecule has 1 aromatic heterocycles. The molecular formula is C17H23N3O3. The fourth-order valence-electron chi connectivity index (χ4n) is 3.10. The van der Waals surface area contributed by atoms with Crippen molar-refractivity contribution in [3.05, 3.63) is 24.3 Å². The molecule has 0 spiro atoms. The van der Waals surface area contributed by atoms with Crippen molar-refractivity contribution in [3.63, 3.8) is 0 Å². The van der Waals surface area contributed by atoms with Crippen LogP contribution in [0.2, 0.25) is 0 Å². The first-order chi connectivity index (χ1) is 11.0. The van der Waals surface area contributed by atoms with Gasteiger partial charge in [0.15, 0.2) is 6.10 Å². The molecular weight excluding hydrogens is 294 g/mol. The molecule has 6 nitrogen and oxygen atoms in total. The number of benzene rings is 1. The van der Waals surface area contributed by atoms with E-state index in [0.29, 0.717) is 19.0 Å². The van der Waals surface area contributed by atoms with E-state index >= 15 is 0 Å². The Hall–Kier alpha value is -2.08. The number of carbonyl (C=O) groups is 1. The van der Waals surface area contributed by atoms with Crippen LogP contribution in [-0.4, -0.2) is 52.0 Å². The SMILES string of the molecule is C[C@@H]1CN(C(=O)[C@H](C)Oc2nn(C)c3ccccc23)C[C@@H](C)O1. The summed E-state index contributed by atoms with van der Waals surface area (Å²) in [5.41, 5.74) is 0.982. The van der Waals surface area contributed by atoms with E-state index in [1.54, 1.807) is 11.6 Å². The molecule has 2 heterocycles. The zero-order chi connectivity index (χ0) is 16.6. The summed E-state index contributed by atoms with van der Waals surface area (Å²) in [4.78, 5) is 14.5. The van der Waals surface area contributed by atoms with Crippen LogP contribution in [0.25, 0.3) is 10.9 Å². The lowest BCUT2D eigenvalue weighted by atomic mass is 10.2. The molecule has 1 fully saturated rings. The predicted molar refractivity (Wildman–Crippen MR) is 87.4 cm³/mol. The van der Waals surface area contributed by atoms with Crippen LogP contribution < -0.4 is 4.74 Å².